The van der Waals surface area contributed by atoms with Gasteiger partial charge in [0.05, 0.1) is 5.56 Å². The van der Waals surface area contributed by atoms with Crippen molar-refractivity contribution in [3.05, 3.63) is 59.7 Å². The van der Waals surface area contributed by atoms with Gasteiger partial charge >= 0.3 is 12.5 Å². The van der Waals surface area contributed by atoms with Gasteiger partial charge in [0.2, 0.25) is 0 Å². The van der Waals surface area contributed by atoms with Gasteiger partial charge in [0.25, 0.3) is 0 Å². The van der Waals surface area contributed by atoms with Gasteiger partial charge in [-0.05, 0) is 79.5 Å². The van der Waals surface area contributed by atoms with E-state index in [1.165, 1.54) is 18.6 Å². The number of halogens is 5. The molecule has 0 spiro atoms. The molecule has 0 bridgehead atoms. The van der Waals surface area contributed by atoms with Crippen LogP contribution in [0.1, 0.15) is 56.1 Å². The number of hydrogen-bond acceptors (Lipinski definition) is 2. The van der Waals surface area contributed by atoms with Crippen molar-refractivity contribution in [2.75, 3.05) is 0 Å². The van der Waals surface area contributed by atoms with E-state index in [2.05, 4.69) is 11.7 Å². The summed E-state index contributed by atoms with van der Waals surface area (Å²) in [6.45, 7) is 2.19. The average Bonchev–Trinajstić information content (AvgIpc) is 2.68. The van der Waals surface area contributed by atoms with Crippen molar-refractivity contribution < 1.29 is 31.4 Å². The predicted molar refractivity (Wildman–Crippen MR) is 99.1 cm³/mol. The van der Waals surface area contributed by atoms with E-state index in [-0.39, 0.29) is 11.3 Å². The lowest BCUT2D eigenvalue weighted by molar-refractivity contribution is -0.274. The number of alkyl halides is 5. The van der Waals surface area contributed by atoms with Gasteiger partial charge < -0.3 is 9.47 Å². The maximum atomic E-state index is 14.5. The fourth-order valence-electron chi connectivity index (χ4n) is 3.77. The molecule has 2 aromatic rings. The molecule has 3 rings (SSSR count). The lowest BCUT2D eigenvalue weighted by Gasteiger charge is -2.28. The molecule has 0 unspecified atom stereocenters. The first-order valence-electron chi connectivity index (χ1n) is 9.69. The molecular weight excluding hydrogens is 391 g/mol. The molecule has 158 valence electrons. The summed E-state index contributed by atoms with van der Waals surface area (Å²) in [5.74, 6) is 0.389. The molecule has 2 aromatic carbocycles. The Balaban J connectivity index is 1.63. The van der Waals surface area contributed by atoms with Crippen molar-refractivity contribution in [1.29, 1.82) is 0 Å². The van der Waals surface area contributed by atoms with Gasteiger partial charge in [-0.15, -0.1) is 13.2 Å². The van der Waals surface area contributed by atoms with E-state index < -0.39 is 18.2 Å². The molecule has 0 radical (unpaired) electrons. The van der Waals surface area contributed by atoms with Crippen molar-refractivity contribution in [3.63, 3.8) is 0 Å². The van der Waals surface area contributed by atoms with Crippen molar-refractivity contribution in [2.24, 2.45) is 5.92 Å². The summed E-state index contributed by atoms with van der Waals surface area (Å²) in [5.41, 5.74) is 0.742. The van der Waals surface area contributed by atoms with E-state index >= 15 is 0 Å². The molecule has 1 saturated carbocycles. The SMILES string of the molecule is CCC1CCC(c2ccc(C(F)(F)Oc3ccc(OC(F)(F)F)cc3)cc2)CC1. The Morgan fingerprint density at radius 2 is 1.28 bits per heavy atom. The fraction of sp³-hybridized carbons (Fsp3) is 0.455. The Labute approximate surface area is 166 Å². The van der Waals surface area contributed by atoms with Gasteiger partial charge in [-0.25, -0.2) is 0 Å². The van der Waals surface area contributed by atoms with Gasteiger partial charge in [-0.1, -0.05) is 25.5 Å². The summed E-state index contributed by atoms with van der Waals surface area (Å²) in [5, 5.41) is 0. The summed E-state index contributed by atoms with van der Waals surface area (Å²) in [6, 6.07) is 9.99. The summed E-state index contributed by atoms with van der Waals surface area (Å²) in [4.78, 5) is 0. The predicted octanol–water partition coefficient (Wildman–Crippen LogP) is 7.40. The van der Waals surface area contributed by atoms with Crippen LogP contribution in [-0.4, -0.2) is 6.36 Å². The number of hydrogen-bond donors (Lipinski definition) is 0. The van der Waals surface area contributed by atoms with Gasteiger partial charge in [0, 0.05) is 0 Å². The minimum absolute atomic E-state index is 0.258. The van der Waals surface area contributed by atoms with E-state index in [9.17, 15) is 22.0 Å². The first kappa shape index (κ1) is 21.4. The molecule has 0 saturated heterocycles. The molecule has 7 heteroatoms. The monoisotopic (exact) mass is 414 g/mol. The van der Waals surface area contributed by atoms with Crippen LogP contribution in [-0.2, 0) is 6.11 Å². The second-order valence-corrected chi connectivity index (χ2v) is 7.39. The molecule has 29 heavy (non-hydrogen) atoms. The summed E-state index contributed by atoms with van der Waals surface area (Å²) < 4.78 is 73.8. The van der Waals surface area contributed by atoms with Crippen LogP contribution in [0.4, 0.5) is 22.0 Å². The van der Waals surface area contributed by atoms with E-state index in [1.807, 2.05) is 0 Å². The molecule has 0 aromatic heterocycles. The standard InChI is InChI=1S/C22H23F5O2/c1-2-15-3-5-16(6-4-15)17-7-9-18(10-8-17)21(23,24)28-19-11-13-20(14-12-19)29-22(25,26)27/h7-16H,2-6H2,1H3. The van der Waals surface area contributed by atoms with Gasteiger partial charge in [0.1, 0.15) is 11.5 Å². The smallest absolute Gasteiger partial charge is 0.429 e. The highest BCUT2D eigenvalue weighted by Gasteiger charge is 2.35. The molecular formula is C22H23F5O2. The molecule has 0 atom stereocenters. The topological polar surface area (TPSA) is 18.5 Å². The zero-order chi connectivity index (χ0) is 21.1. The Hall–Kier alpha value is -2.31. The van der Waals surface area contributed by atoms with Crippen LogP contribution < -0.4 is 9.47 Å². The molecule has 0 amide bonds. The quantitative estimate of drug-likeness (QED) is 0.459. The van der Waals surface area contributed by atoms with E-state index in [1.54, 1.807) is 12.1 Å². The van der Waals surface area contributed by atoms with Crippen LogP contribution in [0.15, 0.2) is 48.5 Å². The highest BCUT2D eigenvalue weighted by atomic mass is 19.4. The van der Waals surface area contributed by atoms with Crippen molar-refractivity contribution in [1.82, 2.24) is 0 Å². The Kier molecular flexibility index (Phi) is 6.34. The number of rotatable bonds is 6. The highest BCUT2D eigenvalue weighted by molar-refractivity contribution is 5.33. The van der Waals surface area contributed by atoms with E-state index in [4.69, 9.17) is 4.74 Å². The minimum Gasteiger partial charge on any atom is -0.429 e. The molecule has 2 nitrogen and oxygen atoms in total. The molecule has 1 aliphatic rings. The Morgan fingerprint density at radius 3 is 1.76 bits per heavy atom. The third-order valence-electron chi connectivity index (χ3n) is 5.45. The zero-order valence-electron chi connectivity index (χ0n) is 16.0. The molecule has 1 fully saturated rings. The summed E-state index contributed by atoms with van der Waals surface area (Å²) >= 11 is 0. The summed E-state index contributed by atoms with van der Waals surface area (Å²) in [7, 11) is 0. The molecule has 1 aliphatic carbocycles. The molecule has 0 aliphatic heterocycles. The average molecular weight is 414 g/mol. The number of benzene rings is 2. The van der Waals surface area contributed by atoms with Crippen molar-refractivity contribution in [2.45, 2.75) is 57.4 Å². The van der Waals surface area contributed by atoms with Gasteiger partial charge in [0.15, 0.2) is 0 Å². The normalized spacial score (nSPS) is 20.3. The van der Waals surface area contributed by atoms with Crippen molar-refractivity contribution in [3.8, 4) is 11.5 Å². The maximum Gasteiger partial charge on any atom is 0.573 e. The lowest BCUT2D eigenvalue weighted by atomic mass is 9.78. The van der Waals surface area contributed by atoms with Crippen LogP contribution in [0, 0.1) is 5.92 Å². The maximum absolute atomic E-state index is 14.5. The van der Waals surface area contributed by atoms with Crippen LogP contribution >= 0.6 is 0 Å². The lowest BCUT2D eigenvalue weighted by Crippen LogP contribution is -2.22. The second-order valence-electron chi connectivity index (χ2n) is 7.39. The zero-order valence-corrected chi connectivity index (χ0v) is 16.0. The van der Waals surface area contributed by atoms with Crippen molar-refractivity contribution >= 4 is 0 Å². The largest absolute Gasteiger partial charge is 0.573 e. The van der Waals surface area contributed by atoms with Crippen LogP contribution in [0.3, 0.4) is 0 Å². The first-order valence-corrected chi connectivity index (χ1v) is 9.69. The van der Waals surface area contributed by atoms with Crippen LogP contribution in [0.2, 0.25) is 0 Å². The van der Waals surface area contributed by atoms with E-state index in [0.29, 0.717) is 5.92 Å². The second kappa shape index (κ2) is 8.59. The number of ether oxygens (including phenoxy) is 2. The first-order chi connectivity index (χ1) is 13.7. The van der Waals surface area contributed by atoms with Gasteiger partial charge in [-0.3, -0.25) is 0 Å². The van der Waals surface area contributed by atoms with Crippen LogP contribution in [0.5, 0.6) is 11.5 Å². The minimum atomic E-state index is -4.84. The van der Waals surface area contributed by atoms with E-state index in [0.717, 1.165) is 61.4 Å². The third-order valence-corrected chi connectivity index (χ3v) is 5.45. The Morgan fingerprint density at radius 1 is 0.759 bits per heavy atom. The van der Waals surface area contributed by atoms with Crippen LogP contribution in [0.25, 0.3) is 0 Å². The Bertz CT molecular complexity index is 776. The highest BCUT2D eigenvalue weighted by Crippen LogP contribution is 2.38. The molecule has 0 heterocycles. The molecule has 0 N–H and O–H groups in total. The van der Waals surface area contributed by atoms with Gasteiger partial charge in [-0.2, -0.15) is 8.78 Å². The summed E-state index contributed by atoms with van der Waals surface area (Å²) in [6.07, 6.45) is -2.81. The fourth-order valence-corrected chi connectivity index (χ4v) is 3.77. The third kappa shape index (κ3) is 5.84.